The lowest BCUT2D eigenvalue weighted by molar-refractivity contribution is 0.0620. The molecule has 1 amide bonds. The molecule has 4 aliphatic rings. The second-order valence-corrected chi connectivity index (χ2v) is 6.87. The number of hydrogen-bond donors (Lipinski definition) is 1. The molecule has 21 heavy (non-hydrogen) atoms. The van der Waals surface area contributed by atoms with Crippen molar-refractivity contribution in [3.05, 3.63) is 34.9 Å². The Balaban J connectivity index is 1.53. The van der Waals surface area contributed by atoms with Crippen LogP contribution in [0.5, 0.6) is 0 Å². The van der Waals surface area contributed by atoms with Gasteiger partial charge in [0.2, 0.25) is 0 Å². The summed E-state index contributed by atoms with van der Waals surface area (Å²) in [7, 11) is 0. The number of carbonyl (C=O) groups excluding carboxylic acids is 1. The molecule has 3 aliphatic heterocycles. The Hall–Kier alpha value is -1.35. The number of aryl methyl sites for hydroxylation is 1. The van der Waals surface area contributed by atoms with Gasteiger partial charge in [-0.2, -0.15) is 0 Å². The van der Waals surface area contributed by atoms with Crippen LogP contribution in [0.4, 0.5) is 0 Å². The zero-order valence-electron chi connectivity index (χ0n) is 12.6. The fourth-order valence-corrected chi connectivity index (χ4v) is 4.37. The van der Waals surface area contributed by atoms with Crippen LogP contribution in [0, 0.1) is 5.92 Å². The number of rotatable bonds is 2. The summed E-state index contributed by atoms with van der Waals surface area (Å²) in [5, 5.41) is 3.34. The van der Waals surface area contributed by atoms with Crippen molar-refractivity contribution in [2.75, 3.05) is 19.6 Å². The highest BCUT2D eigenvalue weighted by Crippen LogP contribution is 2.29. The minimum absolute atomic E-state index is 0.160. The molecule has 2 bridgehead atoms. The van der Waals surface area contributed by atoms with E-state index in [0.29, 0.717) is 12.0 Å². The minimum Gasteiger partial charge on any atom is -0.348 e. The topological polar surface area (TPSA) is 32.3 Å². The van der Waals surface area contributed by atoms with Gasteiger partial charge in [0.25, 0.3) is 5.91 Å². The smallest absolute Gasteiger partial charge is 0.251 e. The van der Waals surface area contributed by atoms with Crippen molar-refractivity contribution in [2.45, 2.75) is 44.6 Å². The molecule has 0 unspecified atom stereocenters. The van der Waals surface area contributed by atoms with Crippen LogP contribution < -0.4 is 5.32 Å². The number of carbonyl (C=O) groups is 1. The lowest BCUT2D eigenvalue weighted by atomic mass is 9.83. The summed E-state index contributed by atoms with van der Waals surface area (Å²) in [6.45, 7) is 3.49. The van der Waals surface area contributed by atoms with E-state index in [2.05, 4.69) is 22.3 Å². The van der Waals surface area contributed by atoms with Crippen LogP contribution in [-0.2, 0) is 12.8 Å². The van der Waals surface area contributed by atoms with E-state index >= 15 is 0 Å². The lowest BCUT2D eigenvalue weighted by Gasteiger charge is -2.45. The van der Waals surface area contributed by atoms with Crippen molar-refractivity contribution >= 4 is 5.91 Å². The van der Waals surface area contributed by atoms with Crippen LogP contribution in [0.15, 0.2) is 18.2 Å². The lowest BCUT2D eigenvalue weighted by Crippen LogP contribution is -2.57. The van der Waals surface area contributed by atoms with Gasteiger partial charge >= 0.3 is 0 Å². The molecule has 112 valence electrons. The molecule has 3 saturated heterocycles. The van der Waals surface area contributed by atoms with Gasteiger partial charge in [0.05, 0.1) is 0 Å². The van der Waals surface area contributed by atoms with Crippen LogP contribution in [0.1, 0.15) is 47.2 Å². The number of nitrogens with zero attached hydrogens (tertiary/aromatic N) is 1. The third-order valence-electron chi connectivity index (χ3n) is 5.61. The minimum atomic E-state index is 0.160. The van der Waals surface area contributed by atoms with Crippen molar-refractivity contribution in [1.82, 2.24) is 10.2 Å². The van der Waals surface area contributed by atoms with Gasteiger partial charge < -0.3 is 10.2 Å². The second kappa shape index (κ2) is 5.45. The molecule has 1 aliphatic carbocycles. The summed E-state index contributed by atoms with van der Waals surface area (Å²) >= 11 is 0. The molecule has 3 nitrogen and oxygen atoms in total. The first kappa shape index (κ1) is 13.3. The maximum Gasteiger partial charge on any atom is 0.251 e. The van der Waals surface area contributed by atoms with Gasteiger partial charge in [-0.1, -0.05) is 12.1 Å². The monoisotopic (exact) mass is 284 g/mol. The Morgan fingerprint density at radius 2 is 1.95 bits per heavy atom. The fraction of sp³-hybridized carbons (Fsp3) is 0.611. The molecule has 5 rings (SSSR count). The highest BCUT2D eigenvalue weighted by molar-refractivity contribution is 5.96. The third kappa shape index (κ3) is 2.48. The first-order chi connectivity index (χ1) is 10.3. The first-order valence-corrected chi connectivity index (χ1v) is 8.45. The predicted molar refractivity (Wildman–Crippen MR) is 83.5 cm³/mol. The highest BCUT2D eigenvalue weighted by atomic mass is 16.1. The van der Waals surface area contributed by atoms with Crippen molar-refractivity contribution in [3.8, 4) is 0 Å². The summed E-state index contributed by atoms with van der Waals surface area (Å²) in [5.41, 5.74) is 3.63. The van der Waals surface area contributed by atoms with Crippen molar-refractivity contribution in [1.29, 1.82) is 0 Å². The first-order valence-electron chi connectivity index (χ1n) is 8.45. The van der Waals surface area contributed by atoms with Gasteiger partial charge in [0.15, 0.2) is 0 Å². The average Bonchev–Trinajstić information content (AvgIpc) is 2.55. The SMILES string of the molecule is O=C(N[C@@H]1CN2CCC1CC2)c1cccc2c1CCCC2. The summed E-state index contributed by atoms with van der Waals surface area (Å²) < 4.78 is 0. The average molecular weight is 284 g/mol. The van der Waals surface area contributed by atoms with E-state index < -0.39 is 0 Å². The van der Waals surface area contributed by atoms with Crippen molar-refractivity contribution in [3.63, 3.8) is 0 Å². The standard InChI is InChI=1S/C18H24N2O/c21-18(19-17-12-20-10-8-14(17)9-11-20)16-7-3-5-13-4-1-2-6-15(13)16/h3,5,7,14,17H,1-2,4,6,8-12H2,(H,19,21)/t17-/m1/s1. The molecule has 0 aromatic heterocycles. The molecule has 1 aromatic rings. The van der Waals surface area contributed by atoms with Gasteiger partial charge in [-0.25, -0.2) is 0 Å². The number of piperidine rings is 3. The van der Waals surface area contributed by atoms with Gasteiger partial charge in [0.1, 0.15) is 0 Å². The van der Waals surface area contributed by atoms with E-state index in [1.165, 1.54) is 49.9 Å². The Morgan fingerprint density at radius 3 is 2.71 bits per heavy atom. The molecule has 1 atom stereocenters. The molecular formula is C18H24N2O. The molecule has 1 aromatic carbocycles. The van der Waals surface area contributed by atoms with E-state index in [1.807, 2.05) is 6.07 Å². The Morgan fingerprint density at radius 1 is 1.14 bits per heavy atom. The van der Waals surface area contributed by atoms with Crippen LogP contribution in [0.2, 0.25) is 0 Å². The van der Waals surface area contributed by atoms with Crippen molar-refractivity contribution in [2.24, 2.45) is 5.92 Å². The number of fused-ring (bicyclic) bond motifs is 4. The summed E-state index contributed by atoms with van der Waals surface area (Å²) in [4.78, 5) is 15.2. The molecular weight excluding hydrogens is 260 g/mol. The molecule has 1 N–H and O–H groups in total. The third-order valence-corrected chi connectivity index (χ3v) is 5.61. The highest BCUT2D eigenvalue weighted by Gasteiger charge is 2.35. The molecule has 0 radical (unpaired) electrons. The number of nitrogens with one attached hydrogen (secondary N) is 1. The Kier molecular flexibility index (Phi) is 3.46. The summed E-state index contributed by atoms with van der Waals surface area (Å²) in [5.74, 6) is 0.853. The summed E-state index contributed by atoms with van der Waals surface area (Å²) in [6.07, 6.45) is 7.18. The summed E-state index contributed by atoms with van der Waals surface area (Å²) in [6, 6.07) is 6.62. The number of hydrogen-bond acceptors (Lipinski definition) is 2. The zero-order chi connectivity index (χ0) is 14.2. The van der Waals surface area contributed by atoms with Gasteiger partial charge in [0, 0.05) is 18.2 Å². The van der Waals surface area contributed by atoms with E-state index in [1.54, 1.807) is 0 Å². The van der Waals surface area contributed by atoms with Crippen molar-refractivity contribution < 1.29 is 4.79 Å². The second-order valence-electron chi connectivity index (χ2n) is 6.87. The largest absolute Gasteiger partial charge is 0.348 e. The van der Waals surface area contributed by atoms with E-state index in [-0.39, 0.29) is 5.91 Å². The van der Waals surface area contributed by atoms with E-state index in [9.17, 15) is 4.79 Å². The molecule has 0 spiro atoms. The van der Waals surface area contributed by atoms with Gasteiger partial charge in [-0.15, -0.1) is 0 Å². The molecule has 0 saturated carbocycles. The van der Waals surface area contributed by atoms with Gasteiger partial charge in [-0.3, -0.25) is 4.79 Å². The van der Waals surface area contributed by atoms with E-state index in [4.69, 9.17) is 0 Å². The van der Waals surface area contributed by atoms with Crippen LogP contribution >= 0.6 is 0 Å². The number of benzene rings is 1. The van der Waals surface area contributed by atoms with Crippen LogP contribution in [0.3, 0.4) is 0 Å². The van der Waals surface area contributed by atoms with E-state index in [0.717, 1.165) is 24.9 Å². The zero-order valence-corrected chi connectivity index (χ0v) is 12.6. The molecule has 3 heteroatoms. The molecule has 3 fully saturated rings. The Labute approximate surface area is 126 Å². The predicted octanol–water partition coefficient (Wildman–Crippen LogP) is 2.39. The maximum atomic E-state index is 12.7. The quantitative estimate of drug-likeness (QED) is 0.904. The Bertz CT molecular complexity index is 546. The molecule has 3 heterocycles. The van der Waals surface area contributed by atoms with Crippen LogP contribution in [0.25, 0.3) is 0 Å². The van der Waals surface area contributed by atoms with Crippen LogP contribution in [-0.4, -0.2) is 36.5 Å². The number of amides is 1. The van der Waals surface area contributed by atoms with Gasteiger partial charge in [-0.05, 0) is 74.7 Å². The normalized spacial score (nSPS) is 30.8. The fourth-order valence-electron chi connectivity index (χ4n) is 4.37. The maximum absolute atomic E-state index is 12.7.